The van der Waals surface area contributed by atoms with Gasteiger partial charge in [-0.15, -0.1) is 0 Å². The molecule has 1 atom stereocenters. The van der Waals surface area contributed by atoms with Crippen molar-refractivity contribution < 1.29 is 18.8 Å². The predicted octanol–water partition coefficient (Wildman–Crippen LogP) is 2.66. The fraction of sp³-hybridized carbons (Fsp3) is 0.222. The standard InChI is InChI=1S/C18H18N4O4/c1-11-9-16(21-26-11)20-17(23)13(3)25-18(24)15-10-19-22(12(15)2)14-7-5-4-6-8-14/h4-10,13H,1-3H3,(H,20,21,23)/t13-/m0/s1. The SMILES string of the molecule is Cc1cc(NC(=O)[C@H](C)OC(=O)c2cnn(-c3ccccc3)c2C)no1. The number of amides is 1. The lowest BCUT2D eigenvalue weighted by molar-refractivity contribution is -0.123. The number of esters is 1. The second-order valence-electron chi connectivity index (χ2n) is 5.75. The smallest absolute Gasteiger partial charge is 0.342 e. The van der Waals surface area contributed by atoms with Crippen LogP contribution in [0.2, 0.25) is 0 Å². The Morgan fingerprint density at radius 1 is 1.23 bits per heavy atom. The lowest BCUT2D eigenvalue weighted by Gasteiger charge is -2.12. The van der Waals surface area contributed by atoms with Gasteiger partial charge in [-0.25, -0.2) is 9.48 Å². The van der Waals surface area contributed by atoms with Gasteiger partial charge in [0.05, 0.1) is 17.6 Å². The third-order valence-corrected chi connectivity index (χ3v) is 3.76. The molecule has 134 valence electrons. The van der Waals surface area contributed by atoms with Crippen LogP contribution in [-0.4, -0.2) is 32.9 Å². The van der Waals surface area contributed by atoms with Crippen LogP contribution in [0.5, 0.6) is 0 Å². The molecule has 26 heavy (non-hydrogen) atoms. The van der Waals surface area contributed by atoms with Crippen LogP contribution in [0.4, 0.5) is 5.82 Å². The van der Waals surface area contributed by atoms with E-state index in [1.165, 1.54) is 13.1 Å². The van der Waals surface area contributed by atoms with Gasteiger partial charge in [-0.05, 0) is 32.9 Å². The van der Waals surface area contributed by atoms with E-state index in [9.17, 15) is 9.59 Å². The summed E-state index contributed by atoms with van der Waals surface area (Å²) in [7, 11) is 0. The number of aromatic nitrogens is 3. The molecule has 8 nitrogen and oxygen atoms in total. The molecule has 1 aromatic carbocycles. The van der Waals surface area contributed by atoms with E-state index in [-0.39, 0.29) is 5.82 Å². The summed E-state index contributed by atoms with van der Waals surface area (Å²) in [4.78, 5) is 24.5. The van der Waals surface area contributed by atoms with Gasteiger partial charge in [0.25, 0.3) is 5.91 Å². The molecular weight excluding hydrogens is 336 g/mol. The van der Waals surface area contributed by atoms with Crippen molar-refractivity contribution in [2.24, 2.45) is 0 Å². The molecule has 0 aliphatic heterocycles. The van der Waals surface area contributed by atoms with Crippen LogP contribution in [-0.2, 0) is 9.53 Å². The maximum absolute atomic E-state index is 12.4. The van der Waals surface area contributed by atoms with Crippen molar-refractivity contribution in [3.63, 3.8) is 0 Å². The van der Waals surface area contributed by atoms with Crippen molar-refractivity contribution in [2.75, 3.05) is 5.32 Å². The molecule has 1 amide bonds. The van der Waals surface area contributed by atoms with E-state index in [1.54, 1.807) is 24.6 Å². The highest BCUT2D eigenvalue weighted by Gasteiger charge is 2.23. The van der Waals surface area contributed by atoms with Gasteiger partial charge in [-0.1, -0.05) is 23.4 Å². The van der Waals surface area contributed by atoms with Crippen LogP contribution in [0.1, 0.15) is 28.7 Å². The quantitative estimate of drug-likeness (QED) is 0.707. The number of hydrogen-bond donors (Lipinski definition) is 1. The number of benzene rings is 1. The Morgan fingerprint density at radius 3 is 2.62 bits per heavy atom. The molecule has 0 spiro atoms. The largest absolute Gasteiger partial charge is 0.449 e. The highest BCUT2D eigenvalue weighted by molar-refractivity contribution is 5.97. The first-order chi connectivity index (χ1) is 12.5. The average Bonchev–Trinajstić information content (AvgIpc) is 3.21. The van der Waals surface area contributed by atoms with E-state index in [2.05, 4.69) is 15.6 Å². The summed E-state index contributed by atoms with van der Waals surface area (Å²) in [5, 5.41) is 10.4. The maximum Gasteiger partial charge on any atom is 0.342 e. The van der Waals surface area contributed by atoms with Gasteiger partial charge in [-0.3, -0.25) is 4.79 Å². The lowest BCUT2D eigenvalue weighted by atomic mass is 10.2. The summed E-state index contributed by atoms with van der Waals surface area (Å²) in [5.41, 5.74) is 1.75. The second-order valence-corrected chi connectivity index (χ2v) is 5.75. The van der Waals surface area contributed by atoms with Gasteiger partial charge in [0.1, 0.15) is 11.3 Å². The minimum atomic E-state index is -1.00. The molecule has 8 heteroatoms. The van der Waals surface area contributed by atoms with E-state index in [4.69, 9.17) is 9.26 Å². The summed E-state index contributed by atoms with van der Waals surface area (Å²) in [6, 6.07) is 11.0. The molecule has 2 aromatic heterocycles. The summed E-state index contributed by atoms with van der Waals surface area (Å²) >= 11 is 0. The third-order valence-electron chi connectivity index (χ3n) is 3.76. The molecule has 0 saturated carbocycles. The molecule has 0 aliphatic rings. The summed E-state index contributed by atoms with van der Waals surface area (Å²) in [6.45, 7) is 4.95. The second kappa shape index (κ2) is 7.22. The van der Waals surface area contributed by atoms with Crippen LogP contribution in [0.25, 0.3) is 5.69 Å². The van der Waals surface area contributed by atoms with E-state index in [0.717, 1.165) is 5.69 Å². The van der Waals surface area contributed by atoms with Gasteiger partial charge in [0.2, 0.25) is 0 Å². The molecule has 0 fully saturated rings. The highest BCUT2D eigenvalue weighted by atomic mass is 16.5. The van der Waals surface area contributed by atoms with Gasteiger partial charge in [0, 0.05) is 6.07 Å². The fourth-order valence-corrected chi connectivity index (χ4v) is 2.37. The summed E-state index contributed by atoms with van der Waals surface area (Å²) in [6.07, 6.45) is 0.426. The first kappa shape index (κ1) is 17.4. The molecule has 0 aliphatic carbocycles. The molecule has 0 radical (unpaired) electrons. The van der Waals surface area contributed by atoms with Crippen molar-refractivity contribution in [1.29, 1.82) is 0 Å². The monoisotopic (exact) mass is 354 g/mol. The van der Waals surface area contributed by atoms with Crippen molar-refractivity contribution in [1.82, 2.24) is 14.9 Å². The summed E-state index contributed by atoms with van der Waals surface area (Å²) < 4.78 is 11.8. The Morgan fingerprint density at radius 2 is 1.96 bits per heavy atom. The topological polar surface area (TPSA) is 99.2 Å². The van der Waals surface area contributed by atoms with Crippen LogP contribution >= 0.6 is 0 Å². The van der Waals surface area contributed by atoms with Gasteiger partial charge in [-0.2, -0.15) is 5.10 Å². The van der Waals surface area contributed by atoms with Crippen LogP contribution in [0, 0.1) is 13.8 Å². The van der Waals surface area contributed by atoms with E-state index in [1.807, 2.05) is 30.3 Å². The number of rotatable bonds is 5. The maximum atomic E-state index is 12.4. The number of aryl methyl sites for hydroxylation is 1. The van der Waals surface area contributed by atoms with Crippen molar-refractivity contribution in [2.45, 2.75) is 26.9 Å². The molecule has 3 aromatic rings. The first-order valence-electron chi connectivity index (χ1n) is 8.01. The van der Waals surface area contributed by atoms with E-state index in [0.29, 0.717) is 17.0 Å². The number of nitrogens with zero attached hydrogens (tertiary/aromatic N) is 3. The Bertz CT molecular complexity index is 930. The van der Waals surface area contributed by atoms with Crippen LogP contribution in [0.3, 0.4) is 0 Å². The first-order valence-corrected chi connectivity index (χ1v) is 8.01. The van der Waals surface area contributed by atoms with Gasteiger partial charge >= 0.3 is 5.97 Å². The van der Waals surface area contributed by atoms with Crippen LogP contribution in [0.15, 0.2) is 47.1 Å². The molecule has 2 heterocycles. The van der Waals surface area contributed by atoms with Crippen LogP contribution < -0.4 is 5.32 Å². The van der Waals surface area contributed by atoms with E-state index >= 15 is 0 Å². The average molecular weight is 354 g/mol. The minimum absolute atomic E-state index is 0.267. The van der Waals surface area contributed by atoms with Gasteiger partial charge < -0.3 is 14.6 Å². The molecule has 3 rings (SSSR count). The highest BCUT2D eigenvalue weighted by Crippen LogP contribution is 2.16. The van der Waals surface area contributed by atoms with Gasteiger partial charge in [0.15, 0.2) is 11.9 Å². The summed E-state index contributed by atoms with van der Waals surface area (Å²) in [5.74, 6) is -0.291. The number of anilines is 1. The third kappa shape index (κ3) is 3.64. The molecule has 0 unspecified atom stereocenters. The lowest BCUT2D eigenvalue weighted by Crippen LogP contribution is -2.30. The zero-order valence-electron chi connectivity index (χ0n) is 14.6. The zero-order chi connectivity index (χ0) is 18.7. The zero-order valence-corrected chi connectivity index (χ0v) is 14.6. The van der Waals surface area contributed by atoms with Crippen molar-refractivity contribution in [3.05, 3.63) is 59.6 Å². The number of para-hydroxylation sites is 1. The molecule has 0 saturated heterocycles. The Balaban J connectivity index is 1.68. The predicted molar refractivity (Wildman–Crippen MR) is 93.0 cm³/mol. The van der Waals surface area contributed by atoms with E-state index < -0.39 is 18.0 Å². The Kier molecular flexibility index (Phi) is 4.83. The molecular formula is C18H18N4O4. The number of nitrogens with one attached hydrogen (secondary N) is 1. The number of hydrogen-bond acceptors (Lipinski definition) is 6. The minimum Gasteiger partial charge on any atom is -0.449 e. The Hall–Kier alpha value is -3.42. The normalized spacial score (nSPS) is 11.8. The van der Waals surface area contributed by atoms with Crippen molar-refractivity contribution in [3.8, 4) is 5.69 Å². The van der Waals surface area contributed by atoms with Crippen molar-refractivity contribution >= 4 is 17.7 Å². The molecule has 1 N–H and O–H groups in total. The number of ether oxygens (including phenoxy) is 1. The number of carbonyl (C=O) groups is 2. The molecule has 0 bridgehead atoms. The Labute approximate surface area is 149 Å². The number of carbonyl (C=O) groups excluding carboxylic acids is 2. The fourth-order valence-electron chi connectivity index (χ4n) is 2.37.